The minimum Gasteiger partial charge on any atom is -0.434 e. The van der Waals surface area contributed by atoms with E-state index in [1.807, 2.05) is 36.4 Å². The van der Waals surface area contributed by atoms with E-state index < -0.39 is 12.3 Å². The number of hydrogen-bond acceptors (Lipinski definition) is 6. The van der Waals surface area contributed by atoms with Crippen molar-refractivity contribution in [3.8, 4) is 22.6 Å². The molecule has 0 aliphatic carbocycles. The molecule has 6 nitrogen and oxygen atoms in total. The molecule has 0 spiro atoms. The van der Waals surface area contributed by atoms with E-state index in [0.717, 1.165) is 144 Å². The first-order valence-electron chi connectivity index (χ1n) is 21.1. The molecule has 0 radical (unpaired) electrons. The van der Waals surface area contributed by atoms with Crippen molar-refractivity contribution >= 4 is 55.4 Å². The Hall–Kier alpha value is -5.10. The van der Waals surface area contributed by atoms with Gasteiger partial charge in [-0.1, -0.05) is 164 Å². The summed E-state index contributed by atoms with van der Waals surface area (Å²) in [7, 11) is 0. The molecule has 0 atom stereocenters. The second-order valence-electron chi connectivity index (χ2n) is 15.0. The Morgan fingerprint density at radius 1 is 0.411 bits per heavy atom. The third-order valence-electron chi connectivity index (χ3n) is 10.8. The highest BCUT2D eigenvalue weighted by molar-refractivity contribution is 6.27. The zero-order valence-corrected chi connectivity index (χ0v) is 33.8. The van der Waals surface area contributed by atoms with Gasteiger partial charge in [-0.05, 0) is 82.3 Å². The van der Waals surface area contributed by atoms with Crippen LogP contribution in [0.3, 0.4) is 0 Å². The molecule has 6 aromatic carbocycles. The van der Waals surface area contributed by atoms with Crippen LogP contribution in [0.25, 0.3) is 54.2 Å². The first kappa shape index (κ1) is 40.6. The average Bonchev–Trinajstić information content (AvgIpc) is 3.22. The van der Waals surface area contributed by atoms with E-state index >= 15 is 0 Å². The minimum absolute atomic E-state index is 0.321. The summed E-state index contributed by atoms with van der Waals surface area (Å²) in [6, 6.07) is 29.5. The standard InChI is InChI=1S/C50H58O6/c1-5-9-13-21-35-27-29-41-43(33-35)45(37-23-15-17-25-39(37)47(41)55-49(51)53-31-19-11-7-3)46-38-24-16-18-26-40(38)48(56-50(52)54-32-20-12-8-4)42-30-28-36(34-44(42)46)22-14-10-6-2/h15-18,23-30,33-34H,5-14,19-22,31-32H2,1-4H3. The van der Waals surface area contributed by atoms with E-state index in [9.17, 15) is 9.59 Å². The molecule has 6 rings (SSSR count). The molecule has 0 saturated carbocycles. The molecule has 0 saturated heterocycles. The fourth-order valence-corrected chi connectivity index (χ4v) is 7.84. The van der Waals surface area contributed by atoms with Gasteiger partial charge in [-0.2, -0.15) is 0 Å². The van der Waals surface area contributed by atoms with Crippen molar-refractivity contribution in [3.05, 3.63) is 96.1 Å². The van der Waals surface area contributed by atoms with Crippen LogP contribution in [-0.2, 0) is 22.3 Å². The van der Waals surface area contributed by atoms with E-state index in [1.165, 1.54) is 11.1 Å². The van der Waals surface area contributed by atoms with Crippen molar-refractivity contribution in [1.29, 1.82) is 0 Å². The topological polar surface area (TPSA) is 71.1 Å². The molecule has 6 aromatic rings. The summed E-state index contributed by atoms with van der Waals surface area (Å²) in [5.74, 6) is 0.999. The van der Waals surface area contributed by atoms with E-state index in [-0.39, 0.29) is 0 Å². The lowest BCUT2D eigenvalue weighted by Gasteiger charge is -2.22. The number of aryl methyl sites for hydroxylation is 2. The quantitative estimate of drug-likeness (QED) is 0.0355. The first-order valence-corrected chi connectivity index (χ1v) is 21.1. The lowest BCUT2D eigenvalue weighted by molar-refractivity contribution is 0.0973. The molecule has 0 N–H and O–H groups in total. The Bertz CT molecular complexity index is 2110. The van der Waals surface area contributed by atoms with Crippen LogP contribution in [-0.4, -0.2) is 25.5 Å². The maximum Gasteiger partial charge on any atom is 0.513 e. The highest BCUT2D eigenvalue weighted by atomic mass is 16.7. The summed E-state index contributed by atoms with van der Waals surface area (Å²) in [6.45, 7) is 9.34. The molecule has 56 heavy (non-hydrogen) atoms. The van der Waals surface area contributed by atoms with Gasteiger partial charge in [0, 0.05) is 21.5 Å². The lowest BCUT2D eigenvalue weighted by atomic mass is 9.84. The second kappa shape index (κ2) is 20.2. The van der Waals surface area contributed by atoms with Crippen LogP contribution in [0.5, 0.6) is 11.5 Å². The SMILES string of the molecule is CCCCCOC(=O)Oc1c2ccccc2c(-c2c3ccccc3c(OC(=O)OCCCCC)c3ccc(CCCCC)cc23)c2cc(CCCCC)ccc12. The molecule has 0 bridgehead atoms. The predicted molar refractivity (Wildman–Crippen MR) is 231 cm³/mol. The van der Waals surface area contributed by atoms with Crippen molar-refractivity contribution in [2.45, 2.75) is 118 Å². The number of benzene rings is 6. The van der Waals surface area contributed by atoms with Crippen LogP contribution in [0, 0.1) is 0 Å². The largest absolute Gasteiger partial charge is 0.513 e. The number of hydrogen-bond donors (Lipinski definition) is 0. The van der Waals surface area contributed by atoms with Gasteiger partial charge in [0.15, 0.2) is 0 Å². The third kappa shape index (κ3) is 9.46. The van der Waals surface area contributed by atoms with Gasteiger partial charge < -0.3 is 18.9 Å². The summed E-state index contributed by atoms with van der Waals surface area (Å²) in [4.78, 5) is 26.6. The highest BCUT2D eigenvalue weighted by Crippen LogP contribution is 2.50. The summed E-state index contributed by atoms with van der Waals surface area (Å²) in [5, 5.41) is 7.26. The lowest BCUT2D eigenvalue weighted by Crippen LogP contribution is -2.12. The molecular formula is C50H58O6. The van der Waals surface area contributed by atoms with Crippen LogP contribution in [0.2, 0.25) is 0 Å². The second-order valence-corrected chi connectivity index (χ2v) is 15.0. The maximum atomic E-state index is 13.3. The number of carbonyl (C=O) groups is 2. The van der Waals surface area contributed by atoms with Crippen LogP contribution >= 0.6 is 0 Å². The van der Waals surface area contributed by atoms with Gasteiger partial charge in [-0.25, -0.2) is 9.59 Å². The van der Waals surface area contributed by atoms with Crippen LogP contribution < -0.4 is 9.47 Å². The first-order chi connectivity index (χ1) is 27.5. The van der Waals surface area contributed by atoms with Gasteiger partial charge in [0.05, 0.1) is 13.2 Å². The Kier molecular flexibility index (Phi) is 14.6. The van der Waals surface area contributed by atoms with Gasteiger partial charge in [-0.3, -0.25) is 0 Å². The normalized spacial score (nSPS) is 11.4. The highest BCUT2D eigenvalue weighted by Gasteiger charge is 2.25. The molecule has 0 amide bonds. The molecule has 0 heterocycles. The van der Waals surface area contributed by atoms with E-state index in [2.05, 4.69) is 76.2 Å². The molecule has 294 valence electrons. The van der Waals surface area contributed by atoms with Crippen molar-refractivity contribution in [3.63, 3.8) is 0 Å². The zero-order valence-electron chi connectivity index (χ0n) is 33.8. The molecular weight excluding hydrogens is 697 g/mol. The number of fused-ring (bicyclic) bond motifs is 4. The molecule has 0 unspecified atom stereocenters. The molecule has 0 aliphatic rings. The van der Waals surface area contributed by atoms with Crippen molar-refractivity contribution in [2.24, 2.45) is 0 Å². The third-order valence-corrected chi connectivity index (χ3v) is 10.8. The maximum absolute atomic E-state index is 13.3. The average molecular weight is 755 g/mol. The van der Waals surface area contributed by atoms with E-state index in [4.69, 9.17) is 18.9 Å². The van der Waals surface area contributed by atoms with Crippen LogP contribution in [0.1, 0.15) is 116 Å². The van der Waals surface area contributed by atoms with Crippen LogP contribution in [0.4, 0.5) is 9.59 Å². The van der Waals surface area contributed by atoms with Gasteiger partial charge in [0.2, 0.25) is 0 Å². The van der Waals surface area contributed by atoms with Gasteiger partial charge in [0.1, 0.15) is 11.5 Å². The van der Waals surface area contributed by atoms with Crippen molar-refractivity contribution in [2.75, 3.05) is 13.2 Å². The molecule has 0 aromatic heterocycles. The molecule has 0 aliphatic heterocycles. The number of carbonyl (C=O) groups excluding carboxylic acids is 2. The number of unbranched alkanes of at least 4 members (excludes halogenated alkanes) is 8. The van der Waals surface area contributed by atoms with Gasteiger partial charge in [-0.15, -0.1) is 0 Å². The summed E-state index contributed by atoms with van der Waals surface area (Å²) in [6.07, 6.45) is 12.9. The number of ether oxygens (including phenoxy) is 4. The zero-order chi connectivity index (χ0) is 39.3. The Morgan fingerprint density at radius 3 is 1.16 bits per heavy atom. The summed E-state index contributed by atoms with van der Waals surface area (Å²) in [5.41, 5.74) is 4.57. The minimum atomic E-state index is -0.692. The smallest absolute Gasteiger partial charge is 0.434 e. The Morgan fingerprint density at radius 2 is 0.768 bits per heavy atom. The van der Waals surface area contributed by atoms with E-state index in [1.54, 1.807) is 0 Å². The monoisotopic (exact) mass is 754 g/mol. The van der Waals surface area contributed by atoms with Gasteiger partial charge >= 0.3 is 12.3 Å². The summed E-state index contributed by atoms with van der Waals surface area (Å²) >= 11 is 0. The molecule has 6 heteroatoms. The Labute approximate surface area is 332 Å². The fourth-order valence-electron chi connectivity index (χ4n) is 7.84. The number of rotatable bonds is 19. The van der Waals surface area contributed by atoms with Crippen molar-refractivity contribution in [1.82, 2.24) is 0 Å². The van der Waals surface area contributed by atoms with Gasteiger partial charge in [0.25, 0.3) is 0 Å². The Balaban J connectivity index is 1.64. The van der Waals surface area contributed by atoms with Crippen LogP contribution in [0.15, 0.2) is 84.9 Å². The van der Waals surface area contributed by atoms with E-state index in [0.29, 0.717) is 24.7 Å². The summed E-state index contributed by atoms with van der Waals surface area (Å²) < 4.78 is 23.5. The fraction of sp³-hybridized carbons (Fsp3) is 0.400. The molecule has 0 fully saturated rings. The predicted octanol–water partition coefficient (Wildman–Crippen LogP) is 14.8. The van der Waals surface area contributed by atoms with Crippen molar-refractivity contribution < 1.29 is 28.5 Å².